The van der Waals surface area contributed by atoms with Crippen molar-refractivity contribution in [3.8, 4) is 0 Å². The molecular formula is C18H26Br2O4. The van der Waals surface area contributed by atoms with Crippen molar-refractivity contribution in [2.45, 2.75) is 65.0 Å². The molecule has 3 saturated carbocycles. The molecule has 0 aliphatic heterocycles. The van der Waals surface area contributed by atoms with Crippen molar-refractivity contribution in [1.29, 1.82) is 0 Å². The lowest BCUT2D eigenvalue weighted by atomic mass is 9.65. The number of fused-ring (bicyclic) bond motifs is 5. The maximum absolute atomic E-state index is 13.5. The molecule has 0 unspecified atom stereocenters. The summed E-state index contributed by atoms with van der Waals surface area (Å²) in [5.41, 5.74) is -1.61. The minimum absolute atomic E-state index is 0.0645. The van der Waals surface area contributed by atoms with Crippen LogP contribution in [0.25, 0.3) is 0 Å². The van der Waals surface area contributed by atoms with Gasteiger partial charge in [-0.15, -0.1) is 6.58 Å². The van der Waals surface area contributed by atoms with Gasteiger partial charge in [-0.3, -0.25) is 4.79 Å². The normalized spacial score (nSPS) is 47.1. The molecule has 4 nitrogen and oxygen atoms in total. The second-order valence-electron chi connectivity index (χ2n) is 7.34. The number of carbonyl (C=O) groups excluding carboxylic acids is 1. The molecule has 0 saturated heterocycles. The first-order valence-corrected chi connectivity index (χ1v) is 10.3. The van der Waals surface area contributed by atoms with E-state index in [2.05, 4.69) is 38.4 Å². The Hall–Kier alpha value is 0.250. The van der Waals surface area contributed by atoms with E-state index in [-0.39, 0.29) is 24.0 Å². The molecule has 3 rings (SSSR count). The average Bonchev–Trinajstić information content (AvgIpc) is 2.75. The van der Waals surface area contributed by atoms with E-state index in [0.29, 0.717) is 0 Å². The fourth-order valence-electron chi connectivity index (χ4n) is 5.68. The van der Waals surface area contributed by atoms with Crippen LogP contribution in [-0.4, -0.2) is 45.1 Å². The summed E-state index contributed by atoms with van der Waals surface area (Å²) in [6.07, 6.45) is 8.15. The Morgan fingerprint density at radius 1 is 1.17 bits per heavy atom. The van der Waals surface area contributed by atoms with E-state index in [1.807, 2.05) is 0 Å². The van der Waals surface area contributed by atoms with Gasteiger partial charge in [0.2, 0.25) is 5.79 Å². The van der Waals surface area contributed by atoms with E-state index >= 15 is 0 Å². The number of alkyl halides is 2. The number of aliphatic hydroxyl groups is 1. The first-order valence-electron chi connectivity index (χ1n) is 8.68. The number of ketones is 1. The minimum Gasteiger partial charge on any atom is -0.380 e. The summed E-state index contributed by atoms with van der Waals surface area (Å²) in [4.78, 5) is 13.5. The summed E-state index contributed by atoms with van der Waals surface area (Å²) in [5.74, 6) is -1.36. The smallest absolute Gasteiger partial charge is 0.209 e. The van der Waals surface area contributed by atoms with Gasteiger partial charge in [0.1, 0.15) is 14.2 Å². The molecule has 2 bridgehead atoms. The summed E-state index contributed by atoms with van der Waals surface area (Å²) in [6, 6.07) is 0. The highest BCUT2D eigenvalue weighted by Gasteiger charge is 2.91. The van der Waals surface area contributed by atoms with Gasteiger partial charge in [0.15, 0.2) is 5.78 Å². The van der Waals surface area contributed by atoms with Gasteiger partial charge < -0.3 is 14.6 Å². The number of hydrogen-bond donors (Lipinski definition) is 1. The molecule has 0 aromatic carbocycles. The molecule has 5 atom stereocenters. The topological polar surface area (TPSA) is 55.8 Å². The maximum atomic E-state index is 13.5. The van der Waals surface area contributed by atoms with E-state index in [1.165, 1.54) is 12.8 Å². The highest BCUT2D eigenvalue weighted by atomic mass is 79.9. The fraction of sp³-hybridized carbons (Fsp3) is 0.833. The van der Waals surface area contributed by atoms with Gasteiger partial charge in [-0.25, -0.2) is 0 Å². The third-order valence-corrected chi connectivity index (χ3v) is 9.80. The number of ether oxygens (including phenoxy) is 2. The number of Topliss-reactive ketones (excluding diaryl/α,β-unsaturated/α-hetero) is 1. The van der Waals surface area contributed by atoms with Gasteiger partial charge >= 0.3 is 0 Å². The predicted molar refractivity (Wildman–Crippen MR) is 99.5 cm³/mol. The van der Waals surface area contributed by atoms with Gasteiger partial charge in [-0.2, -0.15) is 0 Å². The van der Waals surface area contributed by atoms with Crippen LogP contribution >= 0.6 is 31.9 Å². The molecule has 0 aromatic heterocycles. The second kappa shape index (κ2) is 6.15. The van der Waals surface area contributed by atoms with Crippen LogP contribution in [0, 0.1) is 11.8 Å². The van der Waals surface area contributed by atoms with Crippen LogP contribution in [0.15, 0.2) is 12.7 Å². The SMILES string of the molecule is C=CC[C@@]1(O)C(=O)[C@]2(Br)[C@@H]3CCCCCC[C@@H]3[C@@]1(Br)C2(OC)OC. The van der Waals surface area contributed by atoms with Crippen molar-refractivity contribution < 1.29 is 19.4 Å². The van der Waals surface area contributed by atoms with Gasteiger partial charge in [0.05, 0.1) is 0 Å². The Morgan fingerprint density at radius 3 is 2.21 bits per heavy atom. The molecule has 0 radical (unpaired) electrons. The highest BCUT2D eigenvalue weighted by Crippen LogP contribution is 2.75. The lowest BCUT2D eigenvalue weighted by Gasteiger charge is -2.47. The molecule has 0 heterocycles. The van der Waals surface area contributed by atoms with Crippen molar-refractivity contribution in [1.82, 2.24) is 0 Å². The highest BCUT2D eigenvalue weighted by molar-refractivity contribution is 9.11. The molecule has 136 valence electrons. The quantitative estimate of drug-likeness (QED) is 0.390. The van der Waals surface area contributed by atoms with Crippen LogP contribution in [0.3, 0.4) is 0 Å². The number of hydrogen-bond acceptors (Lipinski definition) is 4. The molecule has 0 aromatic rings. The largest absolute Gasteiger partial charge is 0.380 e. The van der Waals surface area contributed by atoms with E-state index < -0.39 is 20.0 Å². The number of methoxy groups -OCH3 is 2. The Kier molecular flexibility index (Phi) is 4.88. The lowest BCUT2D eigenvalue weighted by molar-refractivity contribution is -0.229. The third kappa shape index (κ3) is 1.82. The molecular weight excluding hydrogens is 440 g/mol. The predicted octanol–water partition coefficient (Wildman–Crippen LogP) is 3.73. The summed E-state index contributed by atoms with van der Waals surface area (Å²) >= 11 is 7.59. The first kappa shape index (κ1) is 19.0. The summed E-state index contributed by atoms with van der Waals surface area (Å²) in [6.45, 7) is 3.75. The third-order valence-electron chi connectivity index (χ3n) is 6.57. The number of halogens is 2. The van der Waals surface area contributed by atoms with E-state index in [4.69, 9.17) is 9.47 Å². The Bertz CT molecular complexity index is 549. The molecule has 3 aliphatic rings. The van der Waals surface area contributed by atoms with Crippen molar-refractivity contribution in [2.24, 2.45) is 11.8 Å². The van der Waals surface area contributed by atoms with Crippen molar-refractivity contribution in [2.75, 3.05) is 14.2 Å². The van der Waals surface area contributed by atoms with Gasteiger partial charge in [-0.05, 0) is 24.7 Å². The Morgan fingerprint density at radius 2 is 1.71 bits per heavy atom. The lowest BCUT2D eigenvalue weighted by Crippen LogP contribution is -2.63. The van der Waals surface area contributed by atoms with Crippen LogP contribution < -0.4 is 0 Å². The Balaban J connectivity index is 2.26. The van der Waals surface area contributed by atoms with Crippen LogP contribution in [0.5, 0.6) is 0 Å². The Labute approximate surface area is 160 Å². The summed E-state index contributed by atoms with van der Waals surface area (Å²) in [7, 11) is 3.11. The molecule has 1 N–H and O–H groups in total. The van der Waals surface area contributed by atoms with Crippen molar-refractivity contribution in [3.05, 3.63) is 12.7 Å². The number of carbonyl (C=O) groups is 1. The first-order chi connectivity index (χ1) is 11.3. The van der Waals surface area contributed by atoms with Crippen molar-refractivity contribution >= 4 is 37.6 Å². The second-order valence-corrected chi connectivity index (χ2v) is 9.84. The van der Waals surface area contributed by atoms with Crippen LogP contribution in [0.2, 0.25) is 0 Å². The maximum Gasteiger partial charge on any atom is 0.209 e. The van der Waals surface area contributed by atoms with E-state index in [9.17, 15) is 9.90 Å². The number of rotatable bonds is 4. The van der Waals surface area contributed by atoms with Gasteiger partial charge in [-0.1, -0.05) is 63.6 Å². The monoisotopic (exact) mass is 464 g/mol. The van der Waals surface area contributed by atoms with Gasteiger partial charge in [0, 0.05) is 20.6 Å². The summed E-state index contributed by atoms with van der Waals surface area (Å²) < 4.78 is 9.72. The molecule has 3 aliphatic carbocycles. The molecule has 3 fully saturated rings. The van der Waals surface area contributed by atoms with E-state index in [1.54, 1.807) is 20.3 Å². The van der Waals surface area contributed by atoms with Gasteiger partial charge in [0.25, 0.3) is 0 Å². The fourth-order valence-corrected chi connectivity index (χ4v) is 8.98. The van der Waals surface area contributed by atoms with Crippen LogP contribution in [-0.2, 0) is 14.3 Å². The minimum atomic E-state index is -1.61. The zero-order chi connectivity index (χ0) is 17.8. The molecule has 0 spiro atoms. The van der Waals surface area contributed by atoms with Crippen LogP contribution in [0.4, 0.5) is 0 Å². The molecule has 24 heavy (non-hydrogen) atoms. The zero-order valence-corrected chi connectivity index (χ0v) is 17.5. The van der Waals surface area contributed by atoms with Crippen molar-refractivity contribution in [3.63, 3.8) is 0 Å². The average molecular weight is 466 g/mol. The molecule has 6 heteroatoms. The molecule has 0 amide bonds. The standard InChI is InChI=1S/C18H26Br2O4/c1-4-11-15(22)14(21)16(19)12-9-7-5-6-8-10-13(12)17(15,20)18(16,23-2)24-3/h4,12-13,22H,1,5-11H2,2-3H3/t12-,13+,15-,16-,17+/m1/s1. The summed E-state index contributed by atoms with van der Waals surface area (Å²) in [5, 5.41) is 11.5. The van der Waals surface area contributed by atoms with E-state index in [0.717, 1.165) is 25.7 Å². The van der Waals surface area contributed by atoms with Crippen LogP contribution in [0.1, 0.15) is 44.9 Å². The zero-order valence-electron chi connectivity index (χ0n) is 14.3.